The molecule has 0 bridgehead atoms. The van der Waals surface area contributed by atoms with Crippen molar-refractivity contribution in [1.29, 1.82) is 0 Å². The van der Waals surface area contributed by atoms with Gasteiger partial charge in [-0.3, -0.25) is 4.79 Å². The van der Waals surface area contributed by atoms with E-state index in [1.165, 1.54) is 10.9 Å². The molecule has 0 radical (unpaired) electrons. The molecule has 9 nitrogen and oxygen atoms in total. The summed E-state index contributed by atoms with van der Waals surface area (Å²) in [5.74, 6) is 0.727. The molecule has 3 aromatic rings. The summed E-state index contributed by atoms with van der Waals surface area (Å²) < 4.78 is 26.8. The van der Waals surface area contributed by atoms with E-state index in [0.29, 0.717) is 58.2 Å². The first kappa shape index (κ1) is 20.9. The Kier molecular flexibility index (Phi) is 4.94. The van der Waals surface area contributed by atoms with E-state index in [0.717, 1.165) is 6.42 Å². The Balaban J connectivity index is 1.71. The average molecular weight is 456 g/mol. The van der Waals surface area contributed by atoms with E-state index < -0.39 is 9.84 Å². The summed E-state index contributed by atoms with van der Waals surface area (Å²) in [5, 5.41) is 10.0. The summed E-state index contributed by atoms with van der Waals surface area (Å²) in [4.78, 5) is 26.5. The highest BCUT2D eigenvalue weighted by Crippen LogP contribution is 2.35. The number of nitrogens with zero attached hydrogens (tertiary/aromatic N) is 5. The third-order valence-corrected chi connectivity index (χ3v) is 8.14. The van der Waals surface area contributed by atoms with Crippen LogP contribution in [0.1, 0.15) is 6.42 Å². The molecule has 0 spiro atoms. The van der Waals surface area contributed by atoms with Gasteiger partial charge in [0.2, 0.25) is 0 Å². The zero-order valence-electron chi connectivity index (χ0n) is 18.0. The first-order chi connectivity index (χ1) is 15.3. The van der Waals surface area contributed by atoms with Crippen LogP contribution in [0.15, 0.2) is 40.3 Å². The number of pyridine rings is 1. The number of aliphatic hydroxyl groups is 1. The molecule has 32 heavy (non-hydrogen) atoms. The molecule has 4 heterocycles. The number of rotatable bonds is 3. The fourth-order valence-electron chi connectivity index (χ4n) is 4.48. The van der Waals surface area contributed by atoms with Gasteiger partial charge in [-0.25, -0.2) is 18.4 Å². The van der Waals surface area contributed by atoms with Gasteiger partial charge in [-0.1, -0.05) is 6.07 Å². The van der Waals surface area contributed by atoms with Crippen LogP contribution in [0, 0.1) is 5.92 Å². The summed E-state index contributed by atoms with van der Waals surface area (Å²) >= 11 is 0. The van der Waals surface area contributed by atoms with Gasteiger partial charge in [-0.2, -0.15) is 0 Å². The van der Waals surface area contributed by atoms with Crippen LogP contribution in [-0.4, -0.2) is 67.1 Å². The molecule has 10 heteroatoms. The van der Waals surface area contributed by atoms with Crippen LogP contribution in [0.4, 0.5) is 11.5 Å². The van der Waals surface area contributed by atoms with Gasteiger partial charge in [0.15, 0.2) is 9.84 Å². The first-order valence-electron chi connectivity index (χ1n) is 10.6. The van der Waals surface area contributed by atoms with Crippen molar-refractivity contribution in [3.63, 3.8) is 0 Å². The van der Waals surface area contributed by atoms with Crippen molar-refractivity contribution >= 4 is 32.2 Å². The highest BCUT2D eigenvalue weighted by atomic mass is 32.2. The van der Waals surface area contributed by atoms with Crippen molar-refractivity contribution in [3.05, 3.63) is 40.9 Å². The van der Waals surface area contributed by atoms with Gasteiger partial charge in [-0.05, 0) is 24.6 Å². The van der Waals surface area contributed by atoms with Crippen molar-refractivity contribution in [3.8, 4) is 11.3 Å². The maximum Gasteiger partial charge on any atom is 0.264 e. The molecular formula is C22H25N5O4S. The highest BCUT2D eigenvalue weighted by molar-refractivity contribution is 7.91. The zero-order valence-corrected chi connectivity index (χ0v) is 18.8. The van der Waals surface area contributed by atoms with Crippen molar-refractivity contribution < 1.29 is 13.5 Å². The van der Waals surface area contributed by atoms with Crippen molar-refractivity contribution in [2.45, 2.75) is 11.3 Å². The molecular weight excluding hydrogens is 430 g/mol. The number of benzene rings is 1. The number of aryl methyl sites for hydroxylation is 1. The number of aliphatic hydroxyl groups excluding tert-OH is 1. The molecule has 2 aliphatic heterocycles. The minimum absolute atomic E-state index is 0.0737. The minimum Gasteiger partial charge on any atom is -0.396 e. The van der Waals surface area contributed by atoms with Crippen LogP contribution in [0.5, 0.6) is 0 Å². The fraction of sp³-hybridized carbons (Fsp3) is 0.409. The Morgan fingerprint density at radius 3 is 2.75 bits per heavy atom. The Hall–Kier alpha value is -2.98. The molecule has 5 rings (SSSR count). The summed E-state index contributed by atoms with van der Waals surface area (Å²) in [6.07, 6.45) is 2.29. The van der Waals surface area contributed by atoms with Crippen LogP contribution in [-0.2, 0) is 16.9 Å². The lowest BCUT2D eigenvalue weighted by molar-refractivity contribution is 0.238. The molecule has 1 unspecified atom stereocenters. The number of hydrogen-bond acceptors (Lipinski definition) is 8. The molecule has 1 saturated heterocycles. The van der Waals surface area contributed by atoms with Gasteiger partial charge >= 0.3 is 0 Å². The predicted octanol–water partition coefficient (Wildman–Crippen LogP) is 1.04. The standard InChI is InChI=1S/C22H25N5O4S/c1-25-7-8-32(30,31)19-9-15(3-4-18(19)25)16-10-17-20(22(29)26(2)13-23-17)21(24-16)27-6-5-14(11-27)12-28/h3-4,9-10,13-14,28H,5-8,11-12H2,1-2H3. The minimum atomic E-state index is -3.37. The van der Waals surface area contributed by atoms with Gasteiger partial charge in [0.25, 0.3) is 5.56 Å². The van der Waals surface area contributed by atoms with Crippen LogP contribution in [0.3, 0.4) is 0 Å². The summed E-state index contributed by atoms with van der Waals surface area (Å²) in [5.41, 5.74) is 2.22. The van der Waals surface area contributed by atoms with Crippen LogP contribution < -0.4 is 15.4 Å². The second-order valence-corrected chi connectivity index (χ2v) is 10.7. The van der Waals surface area contributed by atoms with E-state index in [4.69, 9.17) is 4.98 Å². The highest BCUT2D eigenvalue weighted by Gasteiger charge is 2.29. The molecule has 2 aliphatic rings. The zero-order chi connectivity index (χ0) is 22.6. The number of anilines is 2. The molecule has 0 amide bonds. The molecule has 0 saturated carbocycles. The van der Waals surface area contributed by atoms with Crippen molar-refractivity contribution in [2.75, 3.05) is 48.8 Å². The molecule has 2 aromatic heterocycles. The molecule has 1 aromatic carbocycles. The van der Waals surface area contributed by atoms with E-state index in [1.807, 2.05) is 29.0 Å². The Morgan fingerprint density at radius 2 is 2.00 bits per heavy atom. The van der Waals surface area contributed by atoms with Crippen LogP contribution >= 0.6 is 0 Å². The largest absolute Gasteiger partial charge is 0.396 e. The average Bonchev–Trinajstić information content (AvgIpc) is 3.27. The summed E-state index contributed by atoms with van der Waals surface area (Å²) in [7, 11) is 0.156. The molecule has 1 N–H and O–H groups in total. The molecule has 168 valence electrons. The lowest BCUT2D eigenvalue weighted by atomic mass is 10.1. The second kappa shape index (κ2) is 7.56. The SMILES string of the molecule is CN1CCS(=O)(=O)c2cc(-c3cc4ncn(C)c(=O)c4c(N4CCC(CO)C4)n3)ccc21. The second-order valence-electron chi connectivity index (χ2n) is 8.59. The van der Waals surface area contributed by atoms with Gasteiger partial charge in [0.1, 0.15) is 11.2 Å². The van der Waals surface area contributed by atoms with E-state index in [9.17, 15) is 18.3 Å². The van der Waals surface area contributed by atoms with Gasteiger partial charge < -0.3 is 19.5 Å². The lowest BCUT2D eigenvalue weighted by Crippen LogP contribution is -2.32. The van der Waals surface area contributed by atoms with Crippen molar-refractivity contribution in [1.82, 2.24) is 14.5 Å². The predicted molar refractivity (Wildman–Crippen MR) is 123 cm³/mol. The Morgan fingerprint density at radius 1 is 1.19 bits per heavy atom. The van der Waals surface area contributed by atoms with Gasteiger partial charge in [0.05, 0.1) is 33.9 Å². The first-order valence-corrected chi connectivity index (χ1v) is 12.2. The van der Waals surface area contributed by atoms with Crippen molar-refractivity contribution in [2.24, 2.45) is 13.0 Å². The quantitative estimate of drug-likeness (QED) is 0.624. The van der Waals surface area contributed by atoms with Crippen LogP contribution in [0.25, 0.3) is 22.2 Å². The number of aromatic nitrogens is 3. The smallest absolute Gasteiger partial charge is 0.264 e. The van der Waals surface area contributed by atoms with E-state index in [2.05, 4.69) is 4.98 Å². The van der Waals surface area contributed by atoms with Gasteiger partial charge in [0, 0.05) is 51.8 Å². The normalized spacial score (nSPS) is 20.0. The summed E-state index contributed by atoms with van der Waals surface area (Å²) in [6.45, 7) is 1.82. The summed E-state index contributed by atoms with van der Waals surface area (Å²) in [6, 6.07) is 7.07. The number of fused-ring (bicyclic) bond motifs is 2. The third kappa shape index (κ3) is 3.34. The van der Waals surface area contributed by atoms with E-state index in [1.54, 1.807) is 19.2 Å². The van der Waals surface area contributed by atoms with E-state index in [-0.39, 0.29) is 23.8 Å². The maximum absolute atomic E-state index is 12.9. The fourth-order valence-corrected chi connectivity index (χ4v) is 6.06. The molecule has 1 atom stereocenters. The Bertz CT molecular complexity index is 1390. The number of hydrogen-bond donors (Lipinski definition) is 1. The maximum atomic E-state index is 12.9. The number of sulfone groups is 1. The molecule has 0 aliphatic carbocycles. The van der Waals surface area contributed by atoms with Gasteiger partial charge in [-0.15, -0.1) is 0 Å². The lowest BCUT2D eigenvalue weighted by Gasteiger charge is -2.27. The van der Waals surface area contributed by atoms with E-state index >= 15 is 0 Å². The molecule has 1 fully saturated rings. The monoisotopic (exact) mass is 455 g/mol. The Labute approximate surface area is 185 Å². The third-order valence-electron chi connectivity index (χ3n) is 6.42. The van der Waals surface area contributed by atoms with Crippen LogP contribution in [0.2, 0.25) is 0 Å². The topological polar surface area (TPSA) is 109 Å².